The number of thiazole rings is 1. The SMILES string of the molecule is N#Cc1ccc(-c2nc(-c3ccccc3)c3sccn23)cc1. The summed E-state index contributed by atoms with van der Waals surface area (Å²) in [6.07, 6.45) is 2.03. The van der Waals surface area contributed by atoms with Gasteiger partial charge in [-0.15, -0.1) is 11.3 Å². The Labute approximate surface area is 131 Å². The monoisotopic (exact) mass is 301 g/mol. The van der Waals surface area contributed by atoms with E-state index in [1.165, 1.54) is 0 Å². The molecule has 0 atom stereocenters. The van der Waals surface area contributed by atoms with Crippen molar-refractivity contribution < 1.29 is 0 Å². The molecule has 4 heteroatoms. The maximum atomic E-state index is 8.92. The van der Waals surface area contributed by atoms with Crippen molar-refractivity contribution in [1.29, 1.82) is 5.26 Å². The van der Waals surface area contributed by atoms with Crippen LogP contribution in [0.15, 0.2) is 66.2 Å². The van der Waals surface area contributed by atoms with Crippen molar-refractivity contribution in [2.45, 2.75) is 0 Å². The first-order chi connectivity index (χ1) is 10.9. The van der Waals surface area contributed by atoms with Gasteiger partial charge in [-0.1, -0.05) is 30.3 Å². The maximum Gasteiger partial charge on any atom is 0.145 e. The molecule has 0 aliphatic heterocycles. The van der Waals surface area contributed by atoms with Gasteiger partial charge in [0.05, 0.1) is 11.6 Å². The highest BCUT2D eigenvalue weighted by atomic mass is 32.1. The van der Waals surface area contributed by atoms with Crippen molar-refractivity contribution in [3.05, 3.63) is 71.7 Å². The summed E-state index contributed by atoms with van der Waals surface area (Å²) < 4.78 is 2.11. The second kappa shape index (κ2) is 5.14. The second-order valence-corrected chi connectivity index (χ2v) is 5.81. The normalized spacial score (nSPS) is 10.7. The Hall–Kier alpha value is -2.90. The van der Waals surface area contributed by atoms with Crippen molar-refractivity contribution >= 4 is 16.2 Å². The lowest BCUT2D eigenvalue weighted by atomic mass is 10.1. The van der Waals surface area contributed by atoms with Crippen LogP contribution < -0.4 is 0 Å². The molecule has 0 amide bonds. The van der Waals surface area contributed by atoms with Crippen molar-refractivity contribution in [1.82, 2.24) is 9.38 Å². The van der Waals surface area contributed by atoms with Gasteiger partial charge < -0.3 is 0 Å². The van der Waals surface area contributed by atoms with Gasteiger partial charge >= 0.3 is 0 Å². The average molecular weight is 301 g/mol. The summed E-state index contributed by atoms with van der Waals surface area (Å²) in [4.78, 5) is 5.97. The molecular formula is C18H11N3S. The first kappa shape index (κ1) is 12.8. The number of rotatable bonds is 2. The Morgan fingerprint density at radius 1 is 0.955 bits per heavy atom. The van der Waals surface area contributed by atoms with Gasteiger partial charge in [0.2, 0.25) is 0 Å². The number of nitriles is 1. The minimum absolute atomic E-state index is 0.658. The van der Waals surface area contributed by atoms with Crippen LogP contribution in [0.1, 0.15) is 5.56 Å². The van der Waals surface area contributed by atoms with Crippen molar-refractivity contribution in [2.75, 3.05) is 0 Å². The van der Waals surface area contributed by atoms with E-state index in [0.717, 1.165) is 27.5 Å². The molecular weight excluding hydrogens is 290 g/mol. The Kier molecular flexibility index (Phi) is 2.99. The molecule has 2 heterocycles. The lowest BCUT2D eigenvalue weighted by Gasteiger charge is -1.98. The van der Waals surface area contributed by atoms with Crippen LogP contribution in [0.3, 0.4) is 0 Å². The second-order valence-electron chi connectivity index (χ2n) is 4.92. The number of fused-ring (bicyclic) bond motifs is 1. The minimum Gasteiger partial charge on any atom is -0.290 e. The van der Waals surface area contributed by atoms with E-state index in [1.807, 2.05) is 48.7 Å². The lowest BCUT2D eigenvalue weighted by Crippen LogP contribution is -1.86. The van der Waals surface area contributed by atoms with Crippen LogP contribution in [0.4, 0.5) is 0 Å². The van der Waals surface area contributed by atoms with Gasteiger partial charge in [0.1, 0.15) is 16.3 Å². The third-order valence-corrected chi connectivity index (χ3v) is 4.45. The molecule has 0 aliphatic carbocycles. The molecule has 0 spiro atoms. The molecule has 0 N–H and O–H groups in total. The van der Waals surface area contributed by atoms with Gasteiger partial charge in [-0.3, -0.25) is 4.40 Å². The van der Waals surface area contributed by atoms with E-state index >= 15 is 0 Å². The summed E-state index contributed by atoms with van der Waals surface area (Å²) in [5, 5.41) is 11.0. The minimum atomic E-state index is 0.658. The summed E-state index contributed by atoms with van der Waals surface area (Å²) in [7, 11) is 0. The predicted octanol–water partition coefficient (Wildman–Crippen LogP) is 4.60. The van der Waals surface area contributed by atoms with Crippen LogP contribution in [0, 0.1) is 11.3 Å². The molecule has 0 unspecified atom stereocenters. The fourth-order valence-electron chi connectivity index (χ4n) is 2.51. The number of benzene rings is 2. The summed E-state index contributed by atoms with van der Waals surface area (Å²) in [5.74, 6) is 0.902. The molecule has 104 valence electrons. The molecule has 3 nitrogen and oxygen atoms in total. The van der Waals surface area contributed by atoms with Gasteiger partial charge in [-0.25, -0.2) is 4.98 Å². The molecule has 2 aromatic carbocycles. The van der Waals surface area contributed by atoms with E-state index in [-0.39, 0.29) is 0 Å². The standard InChI is InChI=1S/C18H11N3S/c19-12-13-6-8-15(9-7-13)17-20-16(14-4-2-1-3-5-14)18-21(17)10-11-22-18/h1-11H. The van der Waals surface area contributed by atoms with E-state index in [0.29, 0.717) is 5.56 Å². The summed E-state index contributed by atoms with van der Waals surface area (Å²) in [6.45, 7) is 0. The van der Waals surface area contributed by atoms with Crippen molar-refractivity contribution in [2.24, 2.45) is 0 Å². The topological polar surface area (TPSA) is 41.1 Å². The highest BCUT2D eigenvalue weighted by Gasteiger charge is 2.14. The number of nitrogens with zero attached hydrogens (tertiary/aromatic N) is 3. The Balaban J connectivity index is 1.92. The molecule has 0 bridgehead atoms. The summed E-state index contributed by atoms with van der Waals surface area (Å²) >= 11 is 1.68. The van der Waals surface area contributed by atoms with E-state index < -0.39 is 0 Å². The van der Waals surface area contributed by atoms with Crippen LogP contribution >= 0.6 is 11.3 Å². The van der Waals surface area contributed by atoms with Crippen LogP contribution in [0.2, 0.25) is 0 Å². The Morgan fingerprint density at radius 3 is 2.45 bits per heavy atom. The molecule has 22 heavy (non-hydrogen) atoms. The van der Waals surface area contributed by atoms with Gasteiger partial charge in [0.25, 0.3) is 0 Å². The van der Waals surface area contributed by atoms with Crippen LogP contribution in [0.25, 0.3) is 27.5 Å². The Bertz CT molecular complexity index is 973. The molecule has 4 rings (SSSR count). The largest absolute Gasteiger partial charge is 0.290 e. The first-order valence-corrected chi connectivity index (χ1v) is 7.76. The summed E-state index contributed by atoms with van der Waals surface area (Å²) in [5.41, 5.74) is 3.78. The maximum absolute atomic E-state index is 8.92. The highest BCUT2D eigenvalue weighted by Crippen LogP contribution is 2.32. The van der Waals surface area contributed by atoms with E-state index in [4.69, 9.17) is 10.2 Å². The van der Waals surface area contributed by atoms with Crippen LogP contribution in [-0.4, -0.2) is 9.38 Å². The van der Waals surface area contributed by atoms with Gasteiger partial charge in [-0.05, 0) is 24.3 Å². The smallest absolute Gasteiger partial charge is 0.145 e. The third-order valence-electron chi connectivity index (χ3n) is 3.58. The Morgan fingerprint density at radius 2 is 1.73 bits per heavy atom. The number of hydrogen-bond acceptors (Lipinski definition) is 3. The predicted molar refractivity (Wildman–Crippen MR) is 88.7 cm³/mol. The van der Waals surface area contributed by atoms with Crippen molar-refractivity contribution in [3.63, 3.8) is 0 Å². The molecule has 0 saturated heterocycles. The zero-order chi connectivity index (χ0) is 14.9. The van der Waals surface area contributed by atoms with Gasteiger partial charge in [-0.2, -0.15) is 5.26 Å². The van der Waals surface area contributed by atoms with Gasteiger partial charge in [0.15, 0.2) is 0 Å². The molecule has 0 aliphatic rings. The number of aromatic nitrogens is 2. The fraction of sp³-hybridized carbons (Fsp3) is 0. The summed E-state index contributed by atoms with van der Waals surface area (Å²) in [6, 6.07) is 19.9. The average Bonchev–Trinajstić information content (AvgIpc) is 3.18. The van der Waals surface area contributed by atoms with Gasteiger partial charge in [0, 0.05) is 22.7 Å². The number of hydrogen-bond donors (Lipinski definition) is 0. The number of imidazole rings is 1. The zero-order valence-corrected chi connectivity index (χ0v) is 12.4. The third kappa shape index (κ3) is 2.00. The fourth-order valence-corrected chi connectivity index (χ4v) is 3.35. The molecule has 0 radical (unpaired) electrons. The quantitative estimate of drug-likeness (QED) is 0.543. The lowest BCUT2D eigenvalue weighted by molar-refractivity contribution is 1.19. The first-order valence-electron chi connectivity index (χ1n) is 6.88. The molecule has 2 aromatic heterocycles. The molecule has 4 aromatic rings. The van der Waals surface area contributed by atoms with E-state index in [9.17, 15) is 0 Å². The van der Waals surface area contributed by atoms with Crippen LogP contribution in [0.5, 0.6) is 0 Å². The zero-order valence-electron chi connectivity index (χ0n) is 11.6. The molecule has 0 saturated carbocycles. The highest BCUT2D eigenvalue weighted by molar-refractivity contribution is 7.16. The van der Waals surface area contributed by atoms with Crippen molar-refractivity contribution in [3.8, 4) is 28.7 Å². The van der Waals surface area contributed by atoms with Crippen LogP contribution in [-0.2, 0) is 0 Å². The van der Waals surface area contributed by atoms with E-state index in [2.05, 4.69) is 28.0 Å². The van der Waals surface area contributed by atoms with E-state index in [1.54, 1.807) is 11.3 Å². The molecule has 0 fully saturated rings.